The van der Waals surface area contributed by atoms with Gasteiger partial charge in [0.2, 0.25) is 0 Å². The molecule has 0 aromatic heterocycles. The summed E-state index contributed by atoms with van der Waals surface area (Å²) in [5, 5.41) is 2.94. The fraction of sp³-hybridized carbons (Fsp3) is 0.167. The van der Waals surface area contributed by atoms with E-state index >= 15 is 0 Å². The molecule has 3 nitrogen and oxygen atoms in total. The maximum Gasteiger partial charge on any atom is 0.258 e. The Labute approximate surface area is 180 Å². The predicted molar refractivity (Wildman–Crippen MR) is 124 cm³/mol. The number of hydrogen-bond acceptors (Lipinski definition) is 4. The Morgan fingerprint density at radius 1 is 0.724 bits per heavy atom. The summed E-state index contributed by atoms with van der Waals surface area (Å²) in [5.74, 6) is 0.695. The molecule has 0 radical (unpaired) electrons. The Morgan fingerprint density at radius 2 is 1.14 bits per heavy atom. The van der Waals surface area contributed by atoms with Crippen molar-refractivity contribution >= 4 is 40.9 Å². The van der Waals surface area contributed by atoms with Gasteiger partial charge >= 0.3 is 0 Å². The molecular formula is C24H23NO2S2. The first-order valence-corrected chi connectivity index (χ1v) is 11.3. The molecule has 0 atom stereocenters. The summed E-state index contributed by atoms with van der Waals surface area (Å²) in [6.07, 6.45) is 0. The molecule has 1 amide bonds. The number of para-hydroxylation sites is 1. The van der Waals surface area contributed by atoms with E-state index in [9.17, 15) is 9.59 Å². The Morgan fingerprint density at radius 3 is 1.55 bits per heavy atom. The molecule has 0 aliphatic rings. The fourth-order valence-corrected chi connectivity index (χ4v) is 5.37. The van der Waals surface area contributed by atoms with Crippen molar-refractivity contribution in [1.82, 2.24) is 0 Å². The summed E-state index contributed by atoms with van der Waals surface area (Å²) in [6, 6.07) is 29.1. The van der Waals surface area contributed by atoms with Crippen LogP contribution in [0.2, 0.25) is 0 Å². The van der Waals surface area contributed by atoms with Crippen LogP contribution in [0.1, 0.15) is 18.1 Å². The van der Waals surface area contributed by atoms with Crippen LogP contribution >= 0.6 is 23.5 Å². The minimum absolute atomic E-state index is 0.159. The van der Waals surface area contributed by atoms with E-state index in [0.29, 0.717) is 17.2 Å². The second-order valence-corrected chi connectivity index (χ2v) is 9.18. The smallest absolute Gasteiger partial charge is 0.258 e. The van der Waals surface area contributed by atoms with Gasteiger partial charge in [-0.25, -0.2) is 0 Å². The van der Waals surface area contributed by atoms with E-state index in [1.807, 2.05) is 91.0 Å². The number of anilines is 1. The zero-order valence-corrected chi connectivity index (χ0v) is 17.8. The molecule has 5 heteroatoms. The van der Waals surface area contributed by atoms with E-state index in [2.05, 4.69) is 5.32 Å². The molecule has 0 spiro atoms. The van der Waals surface area contributed by atoms with E-state index in [-0.39, 0.29) is 11.7 Å². The van der Waals surface area contributed by atoms with Gasteiger partial charge in [0.25, 0.3) is 5.91 Å². The number of benzene rings is 3. The number of rotatable bonds is 9. The van der Waals surface area contributed by atoms with Crippen LogP contribution in [0.15, 0.2) is 91.0 Å². The number of carbonyl (C=O) groups is 2. The van der Waals surface area contributed by atoms with Crippen molar-refractivity contribution in [2.45, 2.75) is 22.5 Å². The van der Waals surface area contributed by atoms with Gasteiger partial charge in [-0.2, -0.15) is 0 Å². The molecule has 0 bridgehead atoms. The highest BCUT2D eigenvalue weighted by atomic mass is 32.2. The van der Waals surface area contributed by atoms with E-state index < -0.39 is 4.08 Å². The van der Waals surface area contributed by atoms with Crippen LogP contribution in [-0.2, 0) is 21.1 Å². The number of carbonyl (C=O) groups excluding carboxylic acids is 2. The molecule has 148 valence electrons. The summed E-state index contributed by atoms with van der Waals surface area (Å²) in [7, 11) is 0. The number of amides is 1. The first kappa shape index (κ1) is 21.2. The Kier molecular flexibility index (Phi) is 7.55. The monoisotopic (exact) mass is 421 g/mol. The van der Waals surface area contributed by atoms with E-state index in [0.717, 1.165) is 11.1 Å². The number of nitrogens with one attached hydrogen (secondary N) is 1. The summed E-state index contributed by atoms with van der Waals surface area (Å²) < 4.78 is -1.23. The van der Waals surface area contributed by atoms with Crippen LogP contribution < -0.4 is 5.32 Å². The Balaban J connectivity index is 1.85. The van der Waals surface area contributed by atoms with Crippen molar-refractivity contribution in [3.05, 3.63) is 102 Å². The average Bonchev–Trinajstić information content (AvgIpc) is 2.76. The molecule has 0 saturated carbocycles. The first-order valence-electron chi connectivity index (χ1n) is 9.33. The van der Waals surface area contributed by atoms with E-state index in [4.69, 9.17) is 0 Å². The molecule has 29 heavy (non-hydrogen) atoms. The molecule has 3 aromatic carbocycles. The van der Waals surface area contributed by atoms with Gasteiger partial charge in [-0.1, -0.05) is 78.9 Å². The predicted octanol–water partition coefficient (Wildman–Crippen LogP) is 5.78. The third-order valence-electron chi connectivity index (χ3n) is 4.36. The van der Waals surface area contributed by atoms with E-state index in [1.54, 1.807) is 0 Å². The highest BCUT2D eigenvalue weighted by Crippen LogP contribution is 2.43. The molecule has 1 N–H and O–H groups in total. The van der Waals surface area contributed by atoms with Gasteiger partial charge in [0.15, 0.2) is 9.86 Å². The van der Waals surface area contributed by atoms with Crippen molar-refractivity contribution in [3.63, 3.8) is 0 Å². The standard InChI is InChI=1S/C24H23NO2S2/c1-19(26)24(28-17-20-11-5-2-6-12-20,29-18-21-13-7-3-8-14-21)23(27)25-22-15-9-4-10-16-22/h2-16H,17-18H2,1H3,(H,25,27). The highest BCUT2D eigenvalue weighted by molar-refractivity contribution is 8.19. The van der Waals surface area contributed by atoms with Crippen LogP contribution in [0.3, 0.4) is 0 Å². The summed E-state index contributed by atoms with van der Waals surface area (Å²) in [4.78, 5) is 26.2. The number of ketones is 1. The molecule has 3 rings (SSSR count). The first-order chi connectivity index (χ1) is 14.1. The van der Waals surface area contributed by atoms with Crippen LogP contribution in [0.4, 0.5) is 5.69 Å². The number of hydrogen-bond donors (Lipinski definition) is 1. The van der Waals surface area contributed by atoms with Gasteiger partial charge in [0, 0.05) is 17.2 Å². The SMILES string of the molecule is CC(=O)C(SCc1ccccc1)(SCc1ccccc1)C(=O)Nc1ccccc1. The van der Waals surface area contributed by atoms with Gasteiger partial charge in [-0.05, 0) is 30.2 Å². The van der Waals surface area contributed by atoms with Crippen LogP contribution in [0, 0.1) is 0 Å². The van der Waals surface area contributed by atoms with Gasteiger partial charge in [0.1, 0.15) is 0 Å². The van der Waals surface area contributed by atoms with Crippen molar-refractivity contribution in [2.75, 3.05) is 5.32 Å². The maximum atomic E-state index is 13.3. The Hall–Kier alpha value is -2.50. The summed E-state index contributed by atoms with van der Waals surface area (Å²) >= 11 is 2.76. The molecule has 0 aliphatic heterocycles. The maximum absolute atomic E-state index is 13.3. The van der Waals surface area contributed by atoms with Crippen molar-refractivity contribution in [3.8, 4) is 0 Å². The lowest BCUT2D eigenvalue weighted by atomic mass is 10.2. The minimum atomic E-state index is -1.23. The highest BCUT2D eigenvalue weighted by Gasteiger charge is 2.44. The third-order valence-corrected chi connectivity index (χ3v) is 7.79. The summed E-state index contributed by atoms with van der Waals surface area (Å²) in [5.41, 5.74) is 2.84. The zero-order valence-electron chi connectivity index (χ0n) is 16.2. The van der Waals surface area contributed by atoms with Crippen LogP contribution in [0.25, 0.3) is 0 Å². The quantitative estimate of drug-likeness (QED) is 0.351. The normalized spacial score (nSPS) is 11.1. The number of Topliss-reactive ketones (excluding diaryl/α,β-unsaturated/α-hetero) is 1. The van der Waals surface area contributed by atoms with Gasteiger partial charge in [0.05, 0.1) is 0 Å². The van der Waals surface area contributed by atoms with Crippen LogP contribution in [0.5, 0.6) is 0 Å². The van der Waals surface area contributed by atoms with Crippen molar-refractivity contribution in [1.29, 1.82) is 0 Å². The molecule has 0 heterocycles. The zero-order chi connectivity index (χ0) is 20.5. The molecular weight excluding hydrogens is 398 g/mol. The van der Waals surface area contributed by atoms with Gasteiger partial charge in [-0.15, -0.1) is 23.5 Å². The molecule has 0 aliphatic carbocycles. The van der Waals surface area contributed by atoms with Gasteiger partial charge in [-0.3, -0.25) is 9.59 Å². The minimum Gasteiger partial charge on any atom is -0.324 e. The largest absolute Gasteiger partial charge is 0.324 e. The molecule has 3 aromatic rings. The molecule has 0 saturated heterocycles. The lowest BCUT2D eigenvalue weighted by Crippen LogP contribution is -2.43. The van der Waals surface area contributed by atoms with Crippen molar-refractivity contribution < 1.29 is 9.59 Å². The van der Waals surface area contributed by atoms with Gasteiger partial charge < -0.3 is 5.32 Å². The third kappa shape index (κ3) is 5.75. The molecule has 0 fully saturated rings. The Bertz CT molecular complexity index is 887. The van der Waals surface area contributed by atoms with Crippen molar-refractivity contribution in [2.24, 2.45) is 0 Å². The lowest BCUT2D eigenvalue weighted by Gasteiger charge is -2.29. The topological polar surface area (TPSA) is 46.2 Å². The second-order valence-electron chi connectivity index (χ2n) is 6.54. The van der Waals surface area contributed by atoms with Crippen LogP contribution in [-0.4, -0.2) is 15.8 Å². The number of thioether (sulfide) groups is 2. The second kappa shape index (κ2) is 10.3. The lowest BCUT2D eigenvalue weighted by molar-refractivity contribution is -0.124. The summed E-state index contributed by atoms with van der Waals surface area (Å²) in [6.45, 7) is 1.50. The fourth-order valence-electron chi connectivity index (χ4n) is 2.79. The molecule has 0 unspecified atom stereocenters. The van der Waals surface area contributed by atoms with E-state index in [1.165, 1.54) is 30.4 Å². The average molecular weight is 422 g/mol.